The molecule has 0 bridgehead atoms. The third kappa shape index (κ3) is 5.26. The summed E-state index contributed by atoms with van der Waals surface area (Å²) in [5, 5.41) is 0. The summed E-state index contributed by atoms with van der Waals surface area (Å²) in [5.41, 5.74) is 2.37. The highest BCUT2D eigenvalue weighted by Crippen LogP contribution is 2.15. The van der Waals surface area contributed by atoms with Crippen LogP contribution in [0.3, 0.4) is 0 Å². The summed E-state index contributed by atoms with van der Waals surface area (Å²) in [6.45, 7) is 5.61. The van der Waals surface area contributed by atoms with E-state index in [-0.39, 0.29) is 18.6 Å². The van der Waals surface area contributed by atoms with Crippen molar-refractivity contribution in [2.75, 3.05) is 6.61 Å². The number of amides is 1. The van der Waals surface area contributed by atoms with Gasteiger partial charge in [0.15, 0.2) is 6.61 Å². The van der Waals surface area contributed by atoms with Gasteiger partial charge in [0.1, 0.15) is 5.75 Å². The van der Waals surface area contributed by atoms with Gasteiger partial charge in [0, 0.05) is 24.5 Å². The average molecular weight is 377 g/mol. The van der Waals surface area contributed by atoms with E-state index < -0.39 is 0 Å². The normalized spacial score (nSPS) is 11.8. The van der Waals surface area contributed by atoms with Crippen LogP contribution in [0.2, 0.25) is 0 Å². The summed E-state index contributed by atoms with van der Waals surface area (Å²) in [5.74, 6) is 0.720. The van der Waals surface area contributed by atoms with Gasteiger partial charge in [-0.15, -0.1) is 0 Å². The minimum atomic E-state index is 0.00524. The summed E-state index contributed by atoms with van der Waals surface area (Å²) in [6.07, 6.45) is 2.97. The molecule has 28 heavy (non-hydrogen) atoms. The van der Waals surface area contributed by atoms with E-state index >= 15 is 0 Å². The van der Waals surface area contributed by atoms with Gasteiger partial charge in [-0.1, -0.05) is 55.5 Å². The van der Waals surface area contributed by atoms with Gasteiger partial charge in [-0.3, -0.25) is 4.79 Å². The Balaban J connectivity index is 1.69. The summed E-state index contributed by atoms with van der Waals surface area (Å²) in [7, 11) is 0. The van der Waals surface area contributed by atoms with E-state index in [1.807, 2.05) is 47.4 Å². The fraction of sp³-hybridized carbons (Fsp3) is 0.292. The van der Waals surface area contributed by atoms with E-state index in [1.54, 1.807) is 0 Å². The summed E-state index contributed by atoms with van der Waals surface area (Å²) in [6, 6.07) is 24.1. The molecule has 1 amide bonds. The molecule has 3 aromatic rings. The van der Waals surface area contributed by atoms with E-state index in [2.05, 4.69) is 54.9 Å². The number of nitrogens with zero attached hydrogens (tertiary/aromatic N) is 2. The minimum absolute atomic E-state index is 0.00524. The van der Waals surface area contributed by atoms with Crippen LogP contribution in [0.15, 0.2) is 79.0 Å². The first-order chi connectivity index (χ1) is 13.7. The number of hydrogen-bond acceptors (Lipinski definition) is 2. The van der Waals surface area contributed by atoms with E-state index in [0.717, 1.165) is 18.7 Å². The third-order valence-electron chi connectivity index (χ3n) is 5.00. The van der Waals surface area contributed by atoms with Crippen molar-refractivity contribution in [3.05, 3.63) is 90.3 Å². The van der Waals surface area contributed by atoms with Gasteiger partial charge in [0.2, 0.25) is 0 Å². The molecule has 0 aliphatic rings. The van der Waals surface area contributed by atoms with Crippen LogP contribution in [-0.4, -0.2) is 28.0 Å². The van der Waals surface area contributed by atoms with Crippen molar-refractivity contribution < 1.29 is 9.53 Å². The number of carbonyl (C=O) groups excluding carboxylic acids is 1. The van der Waals surface area contributed by atoms with E-state index in [0.29, 0.717) is 12.3 Å². The van der Waals surface area contributed by atoms with Crippen molar-refractivity contribution in [3.8, 4) is 5.75 Å². The SMILES string of the molecule is CC[C@@H](C)N(Cc1cccn1Cc1ccccc1)C(=O)COc1ccccc1. The quantitative estimate of drug-likeness (QED) is 0.540. The molecule has 0 saturated carbocycles. The molecule has 0 N–H and O–H groups in total. The van der Waals surface area contributed by atoms with Crippen molar-refractivity contribution in [1.29, 1.82) is 0 Å². The van der Waals surface area contributed by atoms with Crippen LogP contribution < -0.4 is 4.74 Å². The first-order valence-corrected chi connectivity index (χ1v) is 9.82. The molecule has 3 rings (SSSR count). The van der Waals surface area contributed by atoms with E-state index in [1.165, 1.54) is 5.56 Å². The standard InChI is InChI=1S/C24H28N2O2/c1-3-20(2)26(24(27)19-28-23-14-8-5-9-15-23)18-22-13-10-16-25(22)17-21-11-6-4-7-12-21/h4-16,20H,3,17-19H2,1-2H3/t20-/m1/s1. The van der Waals surface area contributed by atoms with Crippen LogP contribution in [0.25, 0.3) is 0 Å². The zero-order valence-electron chi connectivity index (χ0n) is 16.6. The molecule has 1 atom stereocenters. The summed E-state index contributed by atoms with van der Waals surface area (Å²) < 4.78 is 7.89. The number of para-hydroxylation sites is 1. The Bertz CT molecular complexity index is 859. The Labute approximate surface area is 167 Å². The molecule has 0 spiro atoms. The average Bonchev–Trinajstić information content (AvgIpc) is 3.17. The van der Waals surface area contributed by atoms with Crippen molar-refractivity contribution in [2.45, 2.75) is 39.4 Å². The lowest BCUT2D eigenvalue weighted by atomic mass is 10.2. The first-order valence-electron chi connectivity index (χ1n) is 9.82. The molecule has 1 heterocycles. The minimum Gasteiger partial charge on any atom is -0.484 e. The predicted molar refractivity (Wildman–Crippen MR) is 112 cm³/mol. The molecule has 1 aromatic heterocycles. The first kappa shape index (κ1) is 19.7. The molecule has 0 aliphatic heterocycles. The lowest BCUT2D eigenvalue weighted by Crippen LogP contribution is -2.41. The topological polar surface area (TPSA) is 34.5 Å². The van der Waals surface area contributed by atoms with Crippen LogP contribution >= 0.6 is 0 Å². The van der Waals surface area contributed by atoms with Gasteiger partial charge in [-0.25, -0.2) is 0 Å². The van der Waals surface area contributed by atoms with E-state index in [4.69, 9.17) is 4.74 Å². The summed E-state index contributed by atoms with van der Waals surface area (Å²) >= 11 is 0. The van der Waals surface area contributed by atoms with Gasteiger partial charge in [0.25, 0.3) is 5.91 Å². The number of benzene rings is 2. The van der Waals surface area contributed by atoms with Crippen molar-refractivity contribution in [3.63, 3.8) is 0 Å². The monoisotopic (exact) mass is 376 g/mol. The Kier molecular flexibility index (Phi) is 6.90. The van der Waals surface area contributed by atoms with Crippen LogP contribution in [0.4, 0.5) is 0 Å². The maximum atomic E-state index is 12.9. The maximum Gasteiger partial charge on any atom is 0.261 e. The van der Waals surface area contributed by atoms with Crippen LogP contribution in [0, 0.1) is 0 Å². The van der Waals surface area contributed by atoms with E-state index in [9.17, 15) is 4.79 Å². The Morgan fingerprint density at radius 3 is 2.36 bits per heavy atom. The molecular weight excluding hydrogens is 348 g/mol. The molecule has 0 aliphatic carbocycles. The zero-order valence-corrected chi connectivity index (χ0v) is 16.6. The number of rotatable bonds is 9. The highest BCUT2D eigenvalue weighted by atomic mass is 16.5. The molecule has 0 fully saturated rings. The fourth-order valence-electron chi connectivity index (χ4n) is 3.16. The Morgan fingerprint density at radius 2 is 1.68 bits per heavy atom. The number of aromatic nitrogens is 1. The van der Waals surface area contributed by atoms with Gasteiger partial charge in [-0.05, 0) is 43.2 Å². The predicted octanol–water partition coefficient (Wildman–Crippen LogP) is 4.74. The lowest BCUT2D eigenvalue weighted by Gasteiger charge is -2.29. The van der Waals surface area contributed by atoms with Gasteiger partial charge < -0.3 is 14.2 Å². The maximum absolute atomic E-state index is 12.9. The third-order valence-corrected chi connectivity index (χ3v) is 5.00. The highest BCUT2D eigenvalue weighted by Gasteiger charge is 2.21. The van der Waals surface area contributed by atoms with Crippen LogP contribution in [-0.2, 0) is 17.9 Å². The molecule has 4 nitrogen and oxygen atoms in total. The highest BCUT2D eigenvalue weighted by molar-refractivity contribution is 5.78. The molecule has 0 radical (unpaired) electrons. The molecule has 2 aromatic carbocycles. The van der Waals surface area contributed by atoms with Crippen molar-refractivity contribution >= 4 is 5.91 Å². The lowest BCUT2D eigenvalue weighted by molar-refractivity contribution is -0.136. The number of hydrogen-bond donors (Lipinski definition) is 0. The summed E-state index contributed by atoms with van der Waals surface area (Å²) in [4.78, 5) is 14.8. The molecule has 4 heteroatoms. The Hall–Kier alpha value is -3.01. The number of ether oxygens (including phenoxy) is 1. The molecule has 0 unspecified atom stereocenters. The zero-order chi connectivity index (χ0) is 19.8. The molecule has 146 valence electrons. The van der Waals surface area contributed by atoms with Gasteiger partial charge in [0.05, 0.1) is 6.54 Å². The second-order valence-corrected chi connectivity index (χ2v) is 6.99. The largest absolute Gasteiger partial charge is 0.484 e. The van der Waals surface area contributed by atoms with Gasteiger partial charge >= 0.3 is 0 Å². The van der Waals surface area contributed by atoms with Crippen molar-refractivity contribution in [1.82, 2.24) is 9.47 Å². The van der Waals surface area contributed by atoms with Crippen LogP contribution in [0.5, 0.6) is 5.75 Å². The molecule has 0 saturated heterocycles. The number of carbonyl (C=O) groups is 1. The van der Waals surface area contributed by atoms with Gasteiger partial charge in [-0.2, -0.15) is 0 Å². The fourth-order valence-corrected chi connectivity index (χ4v) is 3.16. The molecular formula is C24H28N2O2. The van der Waals surface area contributed by atoms with Crippen LogP contribution in [0.1, 0.15) is 31.5 Å². The smallest absolute Gasteiger partial charge is 0.261 e. The second kappa shape index (κ2) is 9.79. The second-order valence-electron chi connectivity index (χ2n) is 6.99. The van der Waals surface area contributed by atoms with Crippen molar-refractivity contribution in [2.24, 2.45) is 0 Å². The Morgan fingerprint density at radius 1 is 1.00 bits per heavy atom.